The number of hydrogen-bond donors (Lipinski definition) is 0. The van der Waals surface area contributed by atoms with Crippen molar-refractivity contribution in [1.29, 1.82) is 0 Å². The van der Waals surface area contributed by atoms with Crippen molar-refractivity contribution in [2.45, 2.75) is 58.3 Å². The first kappa shape index (κ1) is 13.8. The van der Waals surface area contributed by atoms with E-state index in [9.17, 15) is 0 Å². The highest BCUT2D eigenvalue weighted by Crippen LogP contribution is 2.19. The summed E-state index contributed by atoms with van der Waals surface area (Å²) in [6.07, 6.45) is 3.62. The minimum atomic E-state index is 0.645. The zero-order valence-electron chi connectivity index (χ0n) is 10.8. The molecular formula is C13H23BrN2. The standard InChI is InChI=1S/C13H23BrN2/c1-5-16-12(9-11(4)15-16)7-6-8-13(14)10(2)3/h9-10,13H,5-8H2,1-4H3. The molecule has 1 heterocycles. The highest BCUT2D eigenvalue weighted by atomic mass is 79.9. The van der Waals surface area contributed by atoms with Crippen molar-refractivity contribution >= 4 is 15.9 Å². The van der Waals surface area contributed by atoms with Crippen LogP contribution in [0.25, 0.3) is 0 Å². The summed E-state index contributed by atoms with van der Waals surface area (Å²) in [5.74, 6) is 0.720. The molecule has 0 N–H and O–H groups in total. The van der Waals surface area contributed by atoms with Gasteiger partial charge in [0.05, 0.1) is 5.69 Å². The molecule has 0 saturated heterocycles. The third-order valence-electron chi connectivity index (χ3n) is 2.92. The summed E-state index contributed by atoms with van der Waals surface area (Å²) in [7, 11) is 0. The van der Waals surface area contributed by atoms with Crippen LogP contribution in [0.4, 0.5) is 0 Å². The van der Waals surface area contributed by atoms with Crippen molar-refractivity contribution in [1.82, 2.24) is 9.78 Å². The summed E-state index contributed by atoms with van der Waals surface area (Å²) in [6, 6.07) is 2.21. The van der Waals surface area contributed by atoms with E-state index in [1.54, 1.807) is 0 Å². The van der Waals surface area contributed by atoms with Gasteiger partial charge in [0.25, 0.3) is 0 Å². The van der Waals surface area contributed by atoms with Gasteiger partial charge in [0.1, 0.15) is 0 Å². The van der Waals surface area contributed by atoms with Gasteiger partial charge in [-0.2, -0.15) is 5.10 Å². The molecule has 0 fully saturated rings. The molecule has 1 aromatic rings. The van der Waals surface area contributed by atoms with E-state index in [0.29, 0.717) is 4.83 Å². The molecule has 0 saturated carbocycles. The van der Waals surface area contributed by atoms with Crippen molar-refractivity contribution in [3.63, 3.8) is 0 Å². The summed E-state index contributed by atoms with van der Waals surface area (Å²) in [4.78, 5) is 0.645. The first-order valence-electron chi connectivity index (χ1n) is 6.22. The summed E-state index contributed by atoms with van der Waals surface area (Å²) < 4.78 is 2.12. The molecule has 0 bridgehead atoms. The maximum atomic E-state index is 4.47. The van der Waals surface area contributed by atoms with E-state index in [0.717, 1.165) is 24.6 Å². The molecule has 0 spiro atoms. The zero-order chi connectivity index (χ0) is 12.1. The van der Waals surface area contributed by atoms with Crippen LogP contribution in [0.3, 0.4) is 0 Å². The molecule has 2 nitrogen and oxygen atoms in total. The molecule has 0 radical (unpaired) electrons. The Balaban J connectivity index is 2.42. The number of aryl methyl sites for hydroxylation is 3. The highest BCUT2D eigenvalue weighted by Gasteiger charge is 2.10. The van der Waals surface area contributed by atoms with Gasteiger partial charge in [0.2, 0.25) is 0 Å². The van der Waals surface area contributed by atoms with Gasteiger partial charge in [0.15, 0.2) is 0 Å². The molecule has 0 aliphatic carbocycles. The zero-order valence-corrected chi connectivity index (χ0v) is 12.4. The van der Waals surface area contributed by atoms with Gasteiger partial charge in [-0.1, -0.05) is 29.8 Å². The largest absolute Gasteiger partial charge is 0.270 e. The van der Waals surface area contributed by atoms with Crippen molar-refractivity contribution in [2.24, 2.45) is 5.92 Å². The molecule has 0 amide bonds. The van der Waals surface area contributed by atoms with Crippen LogP contribution in [-0.2, 0) is 13.0 Å². The first-order valence-corrected chi connectivity index (χ1v) is 7.13. The molecule has 0 aliphatic rings. The molecule has 1 unspecified atom stereocenters. The fraction of sp³-hybridized carbons (Fsp3) is 0.769. The molecule has 1 atom stereocenters. The van der Waals surface area contributed by atoms with Crippen molar-refractivity contribution < 1.29 is 0 Å². The average Bonchev–Trinajstić information content (AvgIpc) is 2.58. The van der Waals surface area contributed by atoms with Crippen LogP contribution in [0.2, 0.25) is 0 Å². The van der Waals surface area contributed by atoms with E-state index in [-0.39, 0.29) is 0 Å². The van der Waals surface area contributed by atoms with E-state index in [4.69, 9.17) is 0 Å². The van der Waals surface area contributed by atoms with Crippen LogP contribution in [0, 0.1) is 12.8 Å². The third-order valence-corrected chi connectivity index (χ3v) is 4.44. The Hall–Kier alpha value is -0.310. The number of rotatable bonds is 6. The van der Waals surface area contributed by atoms with Gasteiger partial charge in [-0.25, -0.2) is 0 Å². The molecule has 3 heteroatoms. The maximum absolute atomic E-state index is 4.47. The second-order valence-electron chi connectivity index (χ2n) is 4.75. The van der Waals surface area contributed by atoms with Crippen molar-refractivity contribution in [3.05, 3.63) is 17.5 Å². The first-order chi connectivity index (χ1) is 7.54. The van der Waals surface area contributed by atoms with Crippen LogP contribution in [0.1, 0.15) is 45.0 Å². The Morgan fingerprint density at radius 1 is 1.44 bits per heavy atom. The van der Waals surface area contributed by atoms with Crippen LogP contribution in [0.5, 0.6) is 0 Å². The van der Waals surface area contributed by atoms with E-state index in [1.807, 2.05) is 0 Å². The number of nitrogens with zero attached hydrogens (tertiary/aromatic N) is 2. The minimum absolute atomic E-state index is 0.645. The topological polar surface area (TPSA) is 17.8 Å². The second kappa shape index (κ2) is 6.43. The molecule has 0 aromatic carbocycles. The maximum Gasteiger partial charge on any atom is 0.0596 e. The van der Waals surface area contributed by atoms with Crippen molar-refractivity contribution in [3.8, 4) is 0 Å². The Morgan fingerprint density at radius 3 is 2.69 bits per heavy atom. The Morgan fingerprint density at radius 2 is 2.12 bits per heavy atom. The quantitative estimate of drug-likeness (QED) is 0.724. The molecular weight excluding hydrogens is 264 g/mol. The van der Waals surface area contributed by atoms with Gasteiger partial charge in [-0.05, 0) is 45.1 Å². The lowest BCUT2D eigenvalue weighted by molar-refractivity contribution is 0.546. The summed E-state index contributed by atoms with van der Waals surface area (Å²) in [6.45, 7) is 9.72. The van der Waals surface area contributed by atoms with Gasteiger partial charge in [-0.3, -0.25) is 4.68 Å². The summed E-state index contributed by atoms with van der Waals surface area (Å²) in [5, 5.41) is 4.47. The second-order valence-corrected chi connectivity index (χ2v) is 5.92. The van der Waals surface area contributed by atoms with Crippen LogP contribution in [0.15, 0.2) is 6.07 Å². The molecule has 92 valence electrons. The van der Waals surface area contributed by atoms with E-state index in [1.165, 1.54) is 18.5 Å². The Bertz CT molecular complexity index is 318. The van der Waals surface area contributed by atoms with E-state index in [2.05, 4.69) is 59.5 Å². The molecule has 0 aliphatic heterocycles. The third kappa shape index (κ3) is 3.93. The van der Waals surface area contributed by atoms with Gasteiger partial charge in [-0.15, -0.1) is 0 Å². The van der Waals surface area contributed by atoms with Crippen molar-refractivity contribution in [2.75, 3.05) is 0 Å². The Labute approximate surface area is 108 Å². The fourth-order valence-electron chi connectivity index (χ4n) is 1.89. The van der Waals surface area contributed by atoms with E-state index >= 15 is 0 Å². The lowest BCUT2D eigenvalue weighted by Gasteiger charge is -2.13. The minimum Gasteiger partial charge on any atom is -0.270 e. The monoisotopic (exact) mass is 286 g/mol. The molecule has 16 heavy (non-hydrogen) atoms. The van der Waals surface area contributed by atoms with Gasteiger partial charge < -0.3 is 0 Å². The number of hydrogen-bond acceptors (Lipinski definition) is 1. The lowest BCUT2D eigenvalue weighted by Crippen LogP contribution is -2.08. The predicted octanol–water partition coefficient (Wildman–Crippen LogP) is 3.95. The van der Waals surface area contributed by atoms with Gasteiger partial charge in [0, 0.05) is 17.1 Å². The van der Waals surface area contributed by atoms with Gasteiger partial charge >= 0.3 is 0 Å². The number of aromatic nitrogens is 2. The SMILES string of the molecule is CCn1nc(C)cc1CCCC(Br)C(C)C. The number of alkyl halides is 1. The number of halogens is 1. The fourth-order valence-corrected chi connectivity index (χ4v) is 2.21. The van der Waals surface area contributed by atoms with Crippen LogP contribution < -0.4 is 0 Å². The summed E-state index contributed by atoms with van der Waals surface area (Å²) >= 11 is 3.73. The van der Waals surface area contributed by atoms with E-state index < -0.39 is 0 Å². The van der Waals surface area contributed by atoms with Crippen LogP contribution in [-0.4, -0.2) is 14.6 Å². The predicted molar refractivity (Wildman–Crippen MR) is 73.1 cm³/mol. The molecule has 1 aromatic heterocycles. The summed E-state index contributed by atoms with van der Waals surface area (Å²) in [5.41, 5.74) is 2.51. The van der Waals surface area contributed by atoms with Crippen LogP contribution >= 0.6 is 15.9 Å². The normalized spacial score (nSPS) is 13.4. The highest BCUT2D eigenvalue weighted by molar-refractivity contribution is 9.09. The lowest BCUT2D eigenvalue weighted by atomic mass is 10.0. The smallest absolute Gasteiger partial charge is 0.0596 e. The Kier molecular flexibility index (Phi) is 5.53. The molecule has 1 rings (SSSR count). The average molecular weight is 287 g/mol.